The van der Waals surface area contributed by atoms with E-state index in [-0.39, 0.29) is 45.6 Å². The number of carboxylic acids is 1. The third-order valence-electron chi connectivity index (χ3n) is 7.73. The van der Waals surface area contributed by atoms with Crippen LogP contribution in [-0.4, -0.2) is 44.1 Å². The van der Waals surface area contributed by atoms with Gasteiger partial charge in [0, 0.05) is 20.5 Å². The van der Waals surface area contributed by atoms with Crippen LogP contribution in [0.5, 0.6) is 0 Å². The van der Waals surface area contributed by atoms with Crippen LogP contribution in [0.15, 0.2) is 38.6 Å². The molecule has 10 heteroatoms. The van der Waals surface area contributed by atoms with Crippen molar-refractivity contribution in [1.29, 1.82) is 0 Å². The Kier molecular flexibility index (Phi) is 4.55. The Morgan fingerprint density at radius 3 is 2.47 bits per heavy atom. The van der Waals surface area contributed by atoms with Crippen LogP contribution >= 0.6 is 39.0 Å². The molecule has 6 rings (SSSR count). The summed E-state index contributed by atoms with van der Waals surface area (Å²) in [5.41, 5.74) is 1.09. The van der Waals surface area contributed by atoms with Gasteiger partial charge < -0.3 is 10.1 Å². The van der Waals surface area contributed by atoms with Crippen molar-refractivity contribution in [2.24, 2.45) is 29.6 Å². The fraction of sp³-hybridized carbons (Fsp3) is 0.455. The number of rotatable bonds is 3. The van der Waals surface area contributed by atoms with Crippen molar-refractivity contribution >= 4 is 56.8 Å². The molecule has 2 aliphatic heterocycles. The number of benzene rings is 1. The van der Waals surface area contributed by atoms with Crippen LogP contribution in [0.3, 0.4) is 0 Å². The van der Waals surface area contributed by atoms with E-state index < -0.39 is 23.8 Å². The van der Waals surface area contributed by atoms with Crippen molar-refractivity contribution in [3.8, 4) is 0 Å². The van der Waals surface area contributed by atoms with Crippen LogP contribution in [0.1, 0.15) is 29.7 Å². The standard InChI is InChI=1S/C22H19BrN2O5S2/c1-7(21(28)29)25-19(26)14-10-6-11(15(14)20(25)27)16-13(10)12(8-2-4-9(23)5-3-8)17-18(31-16)24-22(30)32-17/h2-5,7,10-16H,6H2,1H3,(H,24,30)(H,28,29). The predicted molar refractivity (Wildman–Crippen MR) is 122 cm³/mol. The summed E-state index contributed by atoms with van der Waals surface area (Å²) in [6, 6.07) is 6.92. The minimum atomic E-state index is -1.17. The van der Waals surface area contributed by atoms with Crippen LogP contribution in [0, 0.1) is 29.6 Å². The number of aromatic nitrogens is 1. The average molecular weight is 535 g/mol. The molecule has 2 bridgehead atoms. The molecule has 3 fully saturated rings. The molecular formula is C22H19BrN2O5S2. The fourth-order valence-corrected chi connectivity index (χ4v) is 9.73. The molecule has 1 aromatic carbocycles. The molecule has 3 heterocycles. The molecule has 8 atom stereocenters. The lowest BCUT2D eigenvalue weighted by molar-refractivity contribution is -0.154. The molecule has 0 radical (unpaired) electrons. The Morgan fingerprint density at radius 1 is 1.16 bits per heavy atom. The lowest BCUT2D eigenvalue weighted by atomic mass is 9.68. The highest BCUT2D eigenvalue weighted by atomic mass is 79.9. The van der Waals surface area contributed by atoms with Gasteiger partial charge in [-0.25, -0.2) is 4.79 Å². The Bertz CT molecular complexity index is 1220. The van der Waals surface area contributed by atoms with Gasteiger partial charge in [0.25, 0.3) is 0 Å². The summed E-state index contributed by atoms with van der Waals surface area (Å²) in [5, 5.41) is 10.4. The van der Waals surface area contributed by atoms with Gasteiger partial charge in [-0.3, -0.25) is 19.3 Å². The topological polar surface area (TPSA) is 108 Å². The Balaban J connectivity index is 1.45. The summed E-state index contributed by atoms with van der Waals surface area (Å²) in [5.74, 6) is -2.70. The smallest absolute Gasteiger partial charge is 0.326 e. The van der Waals surface area contributed by atoms with E-state index in [0.717, 1.165) is 31.3 Å². The second kappa shape index (κ2) is 7.04. The zero-order valence-electron chi connectivity index (χ0n) is 16.9. The van der Waals surface area contributed by atoms with E-state index in [4.69, 9.17) is 0 Å². The first-order valence-corrected chi connectivity index (χ1v) is 13.0. The number of hydrogen-bond donors (Lipinski definition) is 2. The number of aliphatic carboxylic acids is 1. The third kappa shape index (κ3) is 2.66. The van der Waals surface area contributed by atoms with Crippen LogP contribution in [0.2, 0.25) is 0 Å². The normalized spacial score (nSPS) is 35.6. The number of fused-ring (bicyclic) bond motifs is 9. The lowest BCUT2D eigenvalue weighted by Crippen LogP contribution is -2.44. The SMILES string of the molecule is CC(C(=O)O)N1C(=O)C2C3CC(C2C1=O)C1C(c2ccc(Br)cc2)c2sc(=O)[nH]c2SC31. The van der Waals surface area contributed by atoms with Crippen molar-refractivity contribution < 1.29 is 19.5 Å². The number of hydrogen-bond acceptors (Lipinski definition) is 6. The van der Waals surface area contributed by atoms with Gasteiger partial charge in [0.1, 0.15) is 6.04 Å². The maximum absolute atomic E-state index is 13.3. The molecule has 2 aromatic rings. The molecule has 8 unspecified atom stereocenters. The number of carbonyl (C=O) groups excluding carboxylic acids is 2. The summed E-state index contributed by atoms with van der Waals surface area (Å²) in [7, 11) is 0. The highest BCUT2D eigenvalue weighted by molar-refractivity contribution is 9.10. The molecular weight excluding hydrogens is 516 g/mol. The van der Waals surface area contributed by atoms with Crippen LogP contribution in [0.25, 0.3) is 0 Å². The molecule has 166 valence electrons. The van der Waals surface area contributed by atoms with E-state index in [0.29, 0.717) is 0 Å². The molecule has 2 amide bonds. The van der Waals surface area contributed by atoms with E-state index in [1.165, 1.54) is 18.3 Å². The van der Waals surface area contributed by atoms with E-state index in [2.05, 4.69) is 33.0 Å². The fourth-order valence-electron chi connectivity index (χ4n) is 6.58. The Labute approximate surface area is 199 Å². The van der Waals surface area contributed by atoms with Crippen molar-refractivity contribution in [2.75, 3.05) is 0 Å². The van der Waals surface area contributed by atoms with Gasteiger partial charge in [-0.15, -0.1) is 11.8 Å². The molecule has 2 saturated carbocycles. The Morgan fingerprint density at radius 2 is 1.81 bits per heavy atom. The van der Waals surface area contributed by atoms with Gasteiger partial charge in [0.2, 0.25) is 11.8 Å². The Hall–Kier alpha value is -1.91. The summed E-state index contributed by atoms with van der Waals surface area (Å²) < 4.78 is 0.966. The maximum atomic E-state index is 13.3. The monoisotopic (exact) mass is 534 g/mol. The van der Waals surface area contributed by atoms with Gasteiger partial charge in [-0.1, -0.05) is 39.4 Å². The summed E-state index contributed by atoms with van der Waals surface area (Å²) in [6.45, 7) is 1.40. The number of likely N-dealkylation sites (tertiary alicyclic amines) is 1. The molecule has 32 heavy (non-hydrogen) atoms. The van der Waals surface area contributed by atoms with E-state index in [1.807, 2.05) is 12.1 Å². The molecule has 4 aliphatic rings. The zero-order chi connectivity index (χ0) is 22.5. The number of amides is 2. The quantitative estimate of drug-likeness (QED) is 0.585. The first kappa shape index (κ1) is 20.7. The second-order valence-electron chi connectivity index (χ2n) is 9.07. The zero-order valence-corrected chi connectivity index (χ0v) is 20.1. The number of aromatic amines is 1. The number of carbonyl (C=O) groups is 3. The van der Waals surface area contributed by atoms with Gasteiger partial charge in [0.15, 0.2) is 0 Å². The number of nitrogens with zero attached hydrogens (tertiary/aromatic N) is 1. The molecule has 1 aromatic heterocycles. The van der Waals surface area contributed by atoms with Gasteiger partial charge in [-0.2, -0.15) is 0 Å². The van der Waals surface area contributed by atoms with Crippen LogP contribution in [0.4, 0.5) is 0 Å². The summed E-state index contributed by atoms with van der Waals surface area (Å²) in [6.07, 6.45) is 0.788. The van der Waals surface area contributed by atoms with Crippen LogP contribution < -0.4 is 4.87 Å². The number of H-pyrrole nitrogens is 1. The number of thiazole rings is 1. The largest absolute Gasteiger partial charge is 0.480 e. The van der Waals surface area contributed by atoms with Gasteiger partial charge in [-0.05, 0) is 48.8 Å². The number of carboxylic acid groups (broad SMARTS) is 1. The first-order chi connectivity index (χ1) is 15.3. The summed E-state index contributed by atoms with van der Waals surface area (Å²) >= 11 is 6.34. The van der Waals surface area contributed by atoms with E-state index in [1.54, 1.807) is 11.8 Å². The molecule has 0 spiro atoms. The minimum Gasteiger partial charge on any atom is -0.480 e. The van der Waals surface area contributed by atoms with Crippen molar-refractivity contribution in [3.63, 3.8) is 0 Å². The van der Waals surface area contributed by atoms with E-state index in [9.17, 15) is 24.3 Å². The average Bonchev–Trinajstić information content (AvgIpc) is 3.47. The van der Waals surface area contributed by atoms with Gasteiger partial charge >= 0.3 is 10.8 Å². The third-order valence-corrected chi connectivity index (χ3v) is 10.8. The molecule has 7 nitrogen and oxygen atoms in total. The van der Waals surface area contributed by atoms with Crippen molar-refractivity contribution in [1.82, 2.24) is 9.88 Å². The number of nitrogens with one attached hydrogen (secondary N) is 1. The molecule has 2 N–H and O–H groups in total. The van der Waals surface area contributed by atoms with Crippen molar-refractivity contribution in [2.45, 2.75) is 35.6 Å². The van der Waals surface area contributed by atoms with Gasteiger partial charge in [0.05, 0.1) is 16.9 Å². The number of halogens is 1. The number of thioether (sulfide) groups is 1. The van der Waals surface area contributed by atoms with Crippen molar-refractivity contribution in [3.05, 3.63) is 48.8 Å². The van der Waals surface area contributed by atoms with E-state index >= 15 is 0 Å². The molecule has 1 saturated heterocycles. The lowest BCUT2D eigenvalue weighted by Gasteiger charge is -2.43. The summed E-state index contributed by atoms with van der Waals surface area (Å²) in [4.78, 5) is 55.2. The highest BCUT2D eigenvalue weighted by Crippen LogP contribution is 2.68. The van der Waals surface area contributed by atoms with Crippen LogP contribution in [-0.2, 0) is 14.4 Å². The molecule has 2 aliphatic carbocycles. The predicted octanol–water partition coefficient (Wildman–Crippen LogP) is 3.15. The number of imide groups is 1. The minimum absolute atomic E-state index is 0.00283. The highest BCUT2D eigenvalue weighted by Gasteiger charge is 2.70. The maximum Gasteiger partial charge on any atom is 0.326 e. The first-order valence-electron chi connectivity index (χ1n) is 10.5. The second-order valence-corrected chi connectivity index (χ2v) is 12.2.